The highest BCUT2D eigenvalue weighted by Gasteiger charge is 2.20. The molecular formula is C32H32O6. The molecule has 0 saturated carbocycles. The summed E-state index contributed by atoms with van der Waals surface area (Å²) in [6.45, 7) is 0.219. The van der Waals surface area contributed by atoms with Crippen LogP contribution >= 0.6 is 0 Å². The van der Waals surface area contributed by atoms with Crippen molar-refractivity contribution in [3.8, 4) is 40.2 Å². The van der Waals surface area contributed by atoms with Gasteiger partial charge in [-0.2, -0.15) is 0 Å². The number of hydrogen-bond acceptors (Lipinski definition) is 6. The average Bonchev–Trinajstić information content (AvgIpc) is 3.44. The Morgan fingerprint density at radius 3 is 1.89 bits per heavy atom. The van der Waals surface area contributed by atoms with Crippen LogP contribution in [-0.4, -0.2) is 28.1 Å². The van der Waals surface area contributed by atoms with E-state index in [2.05, 4.69) is 30.3 Å². The van der Waals surface area contributed by atoms with Gasteiger partial charge in [-0.15, -0.1) is 0 Å². The molecule has 0 radical (unpaired) electrons. The van der Waals surface area contributed by atoms with Crippen LogP contribution in [0.4, 0.5) is 0 Å². The third kappa shape index (κ3) is 5.97. The van der Waals surface area contributed by atoms with Crippen molar-refractivity contribution in [2.45, 2.75) is 25.7 Å². The lowest BCUT2D eigenvalue weighted by molar-refractivity contribution is 0.171. The molecule has 6 heteroatoms. The van der Waals surface area contributed by atoms with E-state index in [9.17, 15) is 0 Å². The van der Waals surface area contributed by atoms with E-state index in [4.69, 9.17) is 28.4 Å². The molecule has 0 bridgehead atoms. The van der Waals surface area contributed by atoms with E-state index in [1.165, 1.54) is 11.1 Å². The number of rotatable bonds is 11. The fraction of sp³-hybridized carbons (Fsp3) is 0.250. The van der Waals surface area contributed by atoms with Crippen molar-refractivity contribution in [1.82, 2.24) is 0 Å². The van der Waals surface area contributed by atoms with Crippen molar-refractivity contribution < 1.29 is 28.4 Å². The van der Waals surface area contributed by atoms with Crippen molar-refractivity contribution in [3.63, 3.8) is 0 Å². The van der Waals surface area contributed by atoms with E-state index in [0.29, 0.717) is 23.0 Å². The molecule has 6 nitrogen and oxygen atoms in total. The number of benzene rings is 4. The van der Waals surface area contributed by atoms with Crippen LogP contribution in [0.3, 0.4) is 0 Å². The van der Waals surface area contributed by atoms with Gasteiger partial charge in [0.2, 0.25) is 12.5 Å². The highest BCUT2D eigenvalue weighted by molar-refractivity contribution is 5.55. The Morgan fingerprint density at radius 1 is 0.553 bits per heavy atom. The molecule has 4 aromatic carbocycles. The summed E-state index contributed by atoms with van der Waals surface area (Å²) in [7, 11) is 4.99. The highest BCUT2D eigenvalue weighted by Crippen LogP contribution is 2.42. The van der Waals surface area contributed by atoms with E-state index >= 15 is 0 Å². The van der Waals surface area contributed by atoms with Crippen LogP contribution in [0.2, 0.25) is 0 Å². The molecule has 5 rings (SSSR count). The van der Waals surface area contributed by atoms with Crippen LogP contribution in [-0.2, 0) is 25.7 Å². The van der Waals surface area contributed by atoms with E-state index in [-0.39, 0.29) is 6.79 Å². The maximum atomic E-state index is 6.32. The maximum Gasteiger partial charge on any atom is 0.231 e. The minimum absolute atomic E-state index is 0.219. The van der Waals surface area contributed by atoms with E-state index in [1.807, 2.05) is 48.5 Å². The predicted octanol–water partition coefficient (Wildman–Crippen LogP) is 6.80. The minimum atomic E-state index is 0.219. The molecule has 0 spiro atoms. The smallest absolute Gasteiger partial charge is 0.231 e. The number of aryl methyl sites for hydroxylation is 4. The summed E-state index contributed by atoms with van der Waals surface area (Å²) in [6.07, 6.45) is 3.47. The quantitative estimate of drug-likeness (QED) is 0.220. The summed E-state index contributed by atoms with van der Waals surface area (Å²) in [6, 6.07) is 26.5. The number of ether oxygens (including phenoxy) is 6. The largest absolute Gasteiger partial charge is 0.497 e. The summed E-state index contributed by atoms with van der Waals surface area (Å²) in [5.41, 5.74) is 4.71. The fourth-order valence-corrected chi connectivity index (χ4v) is 4.58. The zero-order valence-electron chi connectivity index (χ0n) is 22.0. The predicted molar refractivity (Wildman–Crippen MR) is 146 cm³/mol. The molecule has 0 N–H and O–H groups in total. The second kappa shape index (κ2) is 11.8. The molecule has 0 aromatic heterocycles. The Labute approximate surface area is 223 Å². The summed E-state index contributed by atoms with van der Waals surface area (Å²) < 4.78 is 33.8. The van der Waals surface area contributed by atoms with E-state index in [1.54, 1.807) is 21.3 Å². The van der Waals surface area contributed by atoms with Crippen molar-refractivity contribution in [1.29, 1.82) is 0 Å². The molecule has 0 unspecified atom stereocenters. The van der Waals surface area contributed by atoms with Crippen molar-refractivity contribution in [3.05, 3.63) is 101 Å². The SMILES string of the molecule is COc1cccc(CCc2cccc(Oc3cc(CCc4cc(OC)c5c(c4)OCO5)ccc3OC)c2)c1. The van der Waals surface area contributed by atoms with Crippen LogP contribution in [0.1, 0.15) is 22.3 Å². The van der Waals surface area contributed by atoms with E-state index in [0.717, 1.165) is 54.1 Å². The second-order valence-electron chi connectivity index (χ2n) is 9.12. The van der Waals surface area contributed by atoms with Gasteiger partial charge >= 0.3 is 0 Å². The first-order valence-electron chi connectivity index (χ1n) is 12.7. The van der Waals surface area contributed by atoms with Gasteiger partial charge in [-0.1, -0.05) is 30.3 Å². The van der Waals surface area contributed by atoms with Crippen LogP contribution in [0.15, 0.2) is 78.9 Å². The molecule has 0 amide bonds. The molecule has 0 saturated heterocycles. The number of hydrogen-bond donors (Lipinski definition) is 0. The lowest BCUT2D eigenvalue weighted by atomic mass is 10.0. The average molecular weight is 513 g/mol. The third-order valence-electron chi connectivity index (χ3n) is 6.61. The van der Waals surface area contributed by atoms with Gasteiger partial charge in [-0.25, -0.2) is 0 Å². The number of methoxy groups -OCH3 is 3. The Kier molecular flexibility index (Phi) is 7.88. The summed E-state index contributed by atoms with van der Waals surface area (Å²) in [4.78, 5) is 0. The molecule has 1 aliphatic heterocycles. The molecule has 1 heterocycles. The summed E-state index contributed by atoms with van der Waals surface area (Å²) in [5, 5.41) is 0. The molecule has 0 atom stereocenters. The van der Waals surface area contributed by atoms with Crippen LogP contribution < -0.4 is 28.4 Å². The van der Waals surface area contributed by atoms with Crippen molar-refractivity contribution in [2.24, 2.45) is 0 Å². The summed E-state index contributed by atoms with van der Waals surface area (Å²) in [5.74, 6) is 5.14. The zero-order valence-corrected chi connectivity index (χ0v) is 22.0. The van der Waals surface area contributed by atoms with Gasteiger partial charge in [0.1, 0.15) is 11.5 Å². The van der Waals surface area contributed by atoms with E-state index < -0.39 is 0 Å². The van der Waals surface area contributed by atoms with Crippen molar-refractivity contribution in [2.75, 3.05) is 28.1 Å². The molecule has 196 valence electrons. The Morgan fingerprint density at radius 2 is 1.18 bits per heavy atom. The Balaban J connectivity index is 1.27. The van der Waals surface area contributed by atoms with Gasteiger partial charge in [0.25, 0.3) is 0 Å². The second-order valence-corrected chi connectivity index (χ2v) is 9.12. The molecule has 38 heavy (non-hydrogen) atoms. The van der Waals surface area contributed by atoms with Crippen LogP contribution in [0.25, 0.3) is 0 Å². The highest BCUT2D eigenvalue weighted by atomic mass is 16.7. The van der Waals surface area contributed by atoms with Gasteiger partial charge in [-0.3, -0.25) is 0 Å². The lowest BCUT2D eigenvalue weighted by Gasteiger charge is -2.13. The van der Waals surface area contributed by atoms with Gasteiger partial charge in [0.05, 0.1) is 21.3 Å². The van der Waals surface area contributed by atoms with Gasteiger partial charge in [0, 0.05) is 0 Å². The van der Waals surface area contributed by atoms with Gasteiger partial charge < -0.3 is 28.4 Å². The Hall–Kier alpha value is -4.32. The van der Waals surface area contributed by atoms with Gasteiger partial charge in [-0.05, 0) is 96.5 Å². The monoisotopic (exact) mass is 512 g/mol. The van der Waals surface area contributed by atoms with Crippen LogP contribution in [0.5, 0.6) is 40.2 Å². The first-order chi connectivity index (χ1) is 18.6. The van der Waals surface area contributed by atoms with Crippen molar-refractivity contribution >= 4 is 0 Å². The minimum Gasteiger partial charge on any atom is -0.497 e. The summed E-state index contributed by atoms with van der Waals surface area (Å²) >= 11 is 0. The van der Waals surface area contributed by atoms with Crippen LogP contribution in [0, 0.1) is 0 Å². The third-order valence-corrected chi connectivity index (χ3v) is 6.61. The molecule has 4 aromatic rings. The van der Waals surface area contributed by atoms with Gasteiger partial charge in [0.15, 0.2) is 23.0 Å². The fourth-order valence-electron chi connectivity index (χ4n) is 4.58. The standard InChI is InChI=1S/C32H32O6/c1-33-26-8-4-6-22(16-26)10-11-23-7-5-9-27(17-23)38-29-18-24(14-15-28(29)34-2)12-13-25-19-30(35-3)32-31(20-25)36-21-37-32/h4-9,14-20H,10-13,21H2,1-3H3. The molecular weight excluding hydrogens is 480 g/mol. The normalized spacial score (nSPS) is 11.8. The first kappa shape index (κ1) is 25.3. The molecule has 0 fully saturated rings. The zero-order chi connectivity index (χ0) is 26.3. The number of fused-ring (bicyclic) bond motifs is 1. The Bertz CT molecular complexity index is 1400. The lowest BCUT2D eigenvalue weighted by Crippen LogP contribution is -1.97. The molecule has 0 aliphatic carbocycles. The molecule has 1 aliphatic rings. The maximum absolute atomic E-state index is 6.32. The first-order valence-corrected chi connectivity index (χ1v) is 12.7. The topological polar surface area (TPSA) is 55.4 Å².